The van der Waals surface area contributed by atoms with E-state index < -0.39 is 76.4 Å². The normalized spacial score (nSPS) is 14.7. The number of fused-ring (bicyclic) bond motifs is 1. The standard InChI is InChI=1S/C19H10F15NO2/c1-2-37-12(36)11-9-6-4-3-5-8(9)7-10(35-11)13(20,21)14(22,23)15(24,25)16(26,27)17(28,29)18(30,31)19(32,33)34/h3-7H,2H2,1H3. The summed E-state index contributed by atoms with van der Waals surface area (Å²) >= 11 is 0. The Kier molecular flexibility index (Phi) is 7.21. The summed E-state index contributed by atoms with van der Waals surface area (Å²) in [6, 6.07) is 3.80. The molecule has 0 atom stereocenters. The third kappa shape index (κ3) is 4.20. The molecule has 0 aliphatic rings. The highest BCUT2D eigenvalue weighted by atomic mass is 19.4. The molecule has 18 heteroatoms. The molecule has 37 heavy (non-hydrogen) atoms. The summed E-state index contributed by atoms with van der Waals surface area (Å²) in [6.45, 7) is 0.699. The first-order valence-electron chi connectivity index (χ1n) is 9.34. The van der Waals surface area contributed by atoms with Crippen molar-refractivity contribution in [3.05, 3.63) is 41.7 Å². The number of rotatable bonds is 8. The molecule has 0 amide bonds. The molecular formula is C19H10F15NO2. The quantitative estimate of drug-likeness (QED) is 0.249. The van der Waals surface area contributed by atoms with Gasteiger partial charge in [0.15, 0.2) is 5.69 Å². The van der Waals surface area contributed by atoms with E-state index in [0.717, 1.165) is 24.3 Å². The molecule has 0 spiro atoms. The SMILES string of the molecule is CCOC(=O)c1nc(C(F)(F)C(F)(F)C(F)(F)C(F)(F)C(F)(F)C(F)(F)C(F)(F)F)cc2ccccc12. The molecule has 0 saturated carbocycles. The summed E-state index contributed by atoms with van der Waals surface area (Å²) in [5.41, 5.74) is -3.88. The summed E-state index contributed by atoms with van der Waals surface area (Å²) < 4.78 is 207. The molecule has 1 aromatic carbocycles. The highest BCUT2D eigenvalue weighted by molar-refractivity contribution is 6.02. The maximum absolute atomic E-state index is 14.6. The topological polar surface area (TPSA) is 39.2 Å². The maximum Gasteiger partial charge on any atom is 0.460 e. The maximum atomic E-state index is 14.6. The Morgan fingerprint density at radius 3 is 1.68 bits per heavy atom. The van der Waals surface area contributed by atoms with Crippen LogP contribution < -0.4 is 0 Å². The Bertz CT molecular complexity index is 1170. The minimum atomic E-state index is -8.42. The number of alkyl halides is 15. The number of nitrogens with zero attached hydrogens (tertiary/aromatic N) is 1. The van der Waals surface area contributed by atoms with Gasteiger partial charge in [-0.2, -0.15) is 65.9 Å². The van der Waals surface area contributed by atoms with Gasteiger partial charge in [0.1, 0.15) is 5.69 Å². The fourth-order valence-electron chi connectivity index (χ4n) is 2.84. The second-order valence-electron chi connectivity index (χ2n) is 7.24. The van der Waals surface area contributed by atoms with E-state index in [2.05, 4.69) is 9.72 Å². The molecule has 2 aromatic rings. The fourth-order valence-corrected chi connectivity index (χ4v) is 2.84. The lowest BCUT2D eigenvalue weighted by Gasteiger charge is -2.41. The largest absolute Gasteiger partial charge is 0.461 e. The number of pyridine rings is 1. The lowest BCUT2D eigenvalue weighted by atomic mass is 9.89. The van der Waals surface area contributed by atoms with Crippen molar-refractivity contribution in [3.63, 3.8) is 0 Å². The summed E-state index contributed by atoms with van der Waals surface area (Å²) in [4.78, 5) is 14.7. The number of carbonyl (C=O) groups excluding carboxylic acids is 1. The Morgan fingerprint density at radius 1 is 0.730 bits per heavy atom. The average molecular weight is 569 g/mol. The van der Waals surface area contributed by atoms with Gasteiger partial charge in [-0.25, -0.2) is 9.78 Å². The van der Waals surface area contributed by atoms with Gasteiger partial charge in [-0.15, -0.1) is 0 Å². The number of halogens is 15. The van der Waals surface area contributed by atoms with Crippen molar-refractivity contribution < 1.29 is 75.4 Å². The van der Waals surface area contributed by atoms with Crippen LogP contribution in [-0.2, 0) is 10.7 Å². The van der Waals surface area contributed by atoms with E-state index in [9.17, 15) is 70.7 Å². The number of esters is 1. The van der Waals surface area contributed by atoms with Crippen LogP contribution in [0, 0.1) is 0 Å². The lowest BCUT2D eigenvalue weighted by Crippen LogP contribution is -2.72. The fraction of sp³-hybridized carbons (Fsp3) is 0.474. The second kappa shape index (κ2) is 8.82. The van der Waals surface area contributed by atoms with Crippen LogP contribution in [0.25, 0.3) is 10.8 Å². The number of carbonyl (C=O) groups is 1. The van der Waals surface area contributed by atoms with Gasteiger partial charge in [0.25, 0.3) is 0 Å². The predicted molar refractivity (Wildman–Crippen MR) is 92.4 cm³/mol. The first-order valence-corrected chi connectivity index (χ1v) is 9.34. The second-order valence-corrected chi connectivity index (χ2v) is 7.24. The van der Waals surface area contributed by atoms with Gasteiger partial charge in [-0.3, -0.25) is 0 Å². The van der Waals surface area contributed by atoms with Crippen molar-refractivity contribution in [1.29, 1.82) is 0 Å². The van der Waals surface area contributed by atoms with Crippen LogP contribution in [-0.4, -0.2) is 53.3 Å². The number of hydrogen-bond acceptors (Lipinski definition) is 3. The Hall–Kier alpha value is -2.95. The van der Waals surface area contributed by atoms with Crippen molar-refractivity contribution in [2.45, 2.75) is 48.6 Å². The van der Waals surface area contributed by atoms with Gasteiger partial charge in [0, 0.05) is 5.39 Å². The first kappa shape index (κ1) is 30.3. The number of ether oxygens (including phenoxy) is 1. The zero-order valence-electron chi connectivity index (χ0n) is 17.5. The summed E-state index contributed by atoms with van der Waals surface area (Å²) in [5, 5.41) is -1.06. The van der Waals surface area contributed by atoms with Crippen LogP contribution in [0.15, 0.2) is 30.3 Å². The molecule has 0 unspecified atom stereocenters. The van der Waals surface area contributed by atoms with Gasteiger partial charge in [-0.05, 0) is 18.4 Å². The van der Waals surface area contributed by atoms with E-state index >= 15 is 0 Å². The molecule has 0 bridgehead atoms. The third-order valence-electron chi connectivity index (χ3n) is 4.86. The van der Waals surface area contributed by atoms with E-state index in [4.69, 9.17) is 0 Å². The molecule has 0 radical (unpaired) electrons. The molecule has 3 nitrogen and oxygen atoms in total. The Morgan fingerprint density at radius 2 is 1.19 bits per heavy atom. The molecule has 2 rings (SSSR count). The highest BCUT2D eigenvalue weighted by Gasteiger charge is 2.93. The molecule has 0 saturated heterocycles. The number of hydrogen-bond donors (Lipinski definition) is 0. The van der Waals surface area contributed by atoms with Gasteiger partial charge in [-0.1, -0.05) is 24.3 Å². The summed E-state index contributed by atoms with van der Waals surface area (Å²) in [7, 11) is 0. The molecule has 208 valence electrons. The molecule has 0 N–H and O–H groups in total. The Labute approximate surface area is 195 Å². The molecule has 0 aliphatic heterocycles. The van der Waals surface area contributed by atoms with Gasteiger partial charge >= 0.3 is 47.7 Å². The van der Waals surface area contributed by atoms with E-state index in [0.29, 0.717) is 0 Å². The zero-order chi connectivity index (χ0) is 29.0. The number of benzene rings is 1. The Balaban J connectivity index is 2.77. The number of aromatic nitrogens is 1. The van der Waals surface area contributed by atoms with Crippen molar-refractivity contribution in [3.8, 4) is 0 Å². The van der Waals surface area contributed by atoms with Crippen molar-refractivity contribution in [2.24, 2.45) is 0 Å². The zero-order valence-corrected chi connectivity index (χ0v) is 17.5. The monoisotopic (exact) mass is 569 g/mol. The lowest BCUT2D eigenvalue weighted by molar-refractivity contribution is -0.454. The van der Waals surface area contributed by atoms with E-state index in [1.807, 2.05) is 0 Å². The average Bonchev–Trinajstić information content (AvgIpc) is 2.76. The van der Waals surface area contributed by atoms with E-state index in [1.54, 1.807) is 0 Å². The van der Waals surface area contributed by atoms with Gasteiger partial charge in [0.2, 0.25) is 0 Å². The van der Waals surface area contributed by atoms with E-state index in [-0.39, 0.29) is 6.07 Å². The minimum absolute atomic E-state index is 0.150. The summed E-state index contributed by atoms with van der Waals surface area (Å²) in [6.07, 6.45) is -7.69. The molecule has 1 aromatic heterocycles. The minimum Gasteiger partial charge on any atom is -0.461 e. The van der Waals surface area contributed by atoms with Crippen LogP contribution in [0.4, 0.5) is 65.9 Å². The van der Waals surface area contributed by atoms with E-state index in [1.165, 1.54) is 6.92 Å². The van der Waals surface area contributed by atoms with Crippen LogP contribution in [0.1, 0.15) is 23.1 Å². The van der Waals surface area contributed by atoms with Crippen molar-refractivity contribution >= 4 is 16.7 Å². The van der Waals surface area contributed by atoms with Crippen molar-refractivity contribution in [2.75, 3.05) is 6.61 Å². The molecule has 0 fully saturated rings. The molecule has 0 aliphatic carbocycles. The van der Waals surface area contributed by atoms with Gasteiger partial charge in [0.05, 0.1) is 6.61 Å². The van der Waals surface area contributed by atoms with Crippen molar-refractivity contribution in [1.82, 2.24) is 4.98 Å². The molecule has 1 heterocycles. The predicted octanol–water partition coefficient (Wildman–Crippen LogP) is 7.24. The van der Waals surface area contributed by atoms with Crippen LogP contribution >= 0.6 is 0 Å². The van der Waals surface area contributed by atoms with Crippen LogP contribution in [0.2, 0.25) is 0 Å². The van der Waals surface area contributed by atoms with Crippen LogP contribution in [0.5, 0.6) is 0 Å². The van der Waals surface area contributed by atoms with Crippen LogP contribution in [0.3, 0.4) is 0 Å². The third-order valence-corrected chi connectivity index (χ3v) is 4.86. The smallest absolute Gasteiger partial charge is 0.460 e. The first-order chi connectivity index (χ1) is 16.4. The van der Waals surface area contributed by atoms with Gasteiger partial charge < -0.3 is 4.74 Å². The summed E-state index contributed by atoms with van der Waals surface area (Å²) in [5.74, 6) is -49.3. The molecular weight excluding hydrogens is 559 g/mol. The highest BCUT2D eigenvalue weighted by Crippen LogP contribution is 2.63.